The van der Waals surface area contributed by atoms with E-state index in [0.717, 1.165) is 22.0 Å². The van der Waals surface area contributed by atoms with Crippen LogP contribution in [0.3, 0.4) is 0 Å². The van der Waals surface area contributed by atoms with Crippen molar-refractivity contribution in [1.82, 2.24) is 10.3 Å². The molecule has 0 fully saturated rings. The Balaban J connectivity index is 1.49. The van der Waals surface area contributed by atoms with Crippen molar-refractivity contribution in [3.8, 4) is 34.3 Å². The molecule has 1 aromatic heterocycles. The van der Waals surface area contributed by atoms with Gasteiger partial charge in [0.25, 0.3) is 5.91 Å². The number of amides is 1. The highest BCUT2D eigenvalue weighted by Gasteiger charge is 2.17. The largest absolute Gasteiger partial charge is 0.497 e. The van der Waals surface area contributed by atoms with E-state index in [4.69, 9.17) is 23.9 Å². The molecule has 33 heavy (non-hydrogen) atoms. The number of nitrogens with zero attached hydrogens (tertiary/aromatic N) is 1. The fourth-order valence-corrected chi connectivity index (χ4v) is 3.84. The van der Waals surface area contributed by atoms with E-state index < -0.39 is 0 Å². The highest BCUT2D eigenvalue weighted by atomic mass is 16.7. The third kappa shape index (κ3) is 4.01. The number of nitrogens with one attached hydrogen (secondary N) is 1. The van der Waals surface area contributed by atoms with Crippen molar-refractivity contribution in [2.75, 3.05) is 21.0 Å². The number of para-hydroxylation sites is 1. The molecule has 1 aliphatic heterocycles. The molecule has 5 rings (SSSR count). The minimum absolute atomic E-state index is 0.194. The fraction of sp³-hybridized carbons (Fsp3) is 0.154. The summed E-state index contributed by atoms with van der Waals surface area (Å²) in [4.78, 5) is 18.0. The van der Waals surface area contributed by atoms with E-state index in [9.17, 15) is 4.79 Å². The van der Waals surface area contributed by atoms with E-state index in [1.807, 2.05) is 54.6 Å². The van der Waals surface area contributed by atoms with Gasteiger partial charge in [0, 0.05) is 23.6 Å². The number of ether oxygens (including phenoxy) is 4. The van der Waals surface area contributed by atoms with Crippen LogP contribution in [0.4, 0.5) is 0 Å². The van der Waals surface area contributed by atoms with Crippen molar-refractivity contribution in [1.29, 1.82) is 0 Å². The van der Waals surface area contributed by atoms with E-state index in [0.29, 0.717) is 40.8 Å². The lowest BCUT2D eigenvalue weighted by atomic mass is 10.0. The van der Waals surface area contributed by atoms with Gasteiger partial charge < -0.3 is 24.3 Å². The molecular weight excluding hydrogens is 420 g/mol. The van der Waals surface area contributed by atoms with Gasteiger partial charge in [-0.3, -0.25) is 4.79 Å². The van der Waals surface area contributed by atoms with Crippen LogP contribution < -0.4 is 24.3 Å². The zero-order valence-electron chi connectivity index (χ0n) is 18.3. The molecule has 2 heterocycles. The van der Waals surface area contributed by atoms with E-state index in [1.54, 1.807) is 26.4 Å². The second-order valence-electron chi connectivity index (χ2n) is 7.51. The van der Waals surface area contributed by atoms with Crippen molar-refractivity contribution >= 4 is 16.8 Å². The average molecular weight is 442 g/mol. The summed E-state index contributed by atoms with van der Waals surface area (Å²) in [5.41, 5.74) is 3.59. The van der Waals surface area contributed by atoms with Crippen LogP contribution in [-0.2, 0) is 6.54 Å². The second kappa shape index (κ2) is 8.70. The molecule has 0 unspecified atom stereocenters. The summed E-state index contributed by atoms with van der Waals surface area (Å²) < 4.78 is 21.6. The lowest BCUT2D eigenvalue weighted by Crippen LogP contribution is -2.23. The summed E-state index contributed by atoms with van der Waals surface area (Å²) in [7, 11) is 3.20. The maximum Gasteiger partial charge on any atom is 0.252 e. The van der Waals surface area contributed by atoms with Crippen LogP contribution in [-0.4, -0.2) is 31.9 Å². The molecule has 3 aromatic carbocycles. The third-order valence-corrected chi connectivity index (χ3v) is 5.54. The summed E-state index contributed by atoms with van der Waals surface area (Å²) in [6.07, 6.45) is 0. The van der Waals surface area contributed by atoms with Crippen LogP contribution in [0.1, 0.15) is 15.9 Å². The van der Waals surface area contributed by atoms with Crippen molar-refractivity contribution in [3.63, 3.8) is 0 Å². The normalized spacial score (nSPS) is 11.9. The second-order valence-corrected chi connectivity index (χ2v) is 7.51. The summed E-state index contributed by atoms with van der Waals surface area (Å²) >= 11 is 0. The van der Waals surface area contributed by atoms with E-state index in [2.05, 4.69) is 5.32 Å². The van der Waals surface area contributed by atoms with E-state index >= 15 is 0 Å². The Bertz CT molecular complexity index is 1350. The number of aromatic nitrogens is 1. The number of pyridine rings is 1. The molecule has 0 aliphatic carbocycles. The third-order valence-electron chi connectivity index (χ3n) is 5.54. The van der Waals surface area contributed by atoms with Crippen molar-refractivity contribution < 1.29 is 23.7 Å². The first-order valence-electron chi connectivity index (χ1n) is 10.4. The number of hydrogen-bond acceptors (Lipinski definition) is 6. The van der Waals surface area contributed by atoms with Gasteiger partial charge in [-0.2, -0.15) is 0 Å². The number of carbonyl (C=O) groups excluding carboxylic acids is 1. The van der Waals surface area contributed by atoms with Gasteiger partial charge in [-0.15, -0.1) is 0 Å². The maximum atomic E-state index is 13.3. The van der Waals surface area contributed by atoms with Crippen LogP contribution >= 0.6 is 0 Å². The van der Waals surface area contributed by atoms with Gasteiger partial charge in [0.1, 0.15) is 11.5 Å². The SMILES string of the molecule is COc1ccc(-c2cc(C(=O)NCc3ccc4c(c3)OCO4)c3ccccc3n2)c(OC)c1. The van der Waals surface area contributed by atoms with Gasteiger partial charge in [-0.1, -0.05) is 24.3 Å². The Morgan fingerprint density at radius 2 is 1.82 bits per heavy atom. The molecule has 4 aromatic rings. The Kier molecular flexibility index (Phi) is 5.44. The number of benzene rings is 3. The molecular formula is C26H22N2O5. The molecule has 0 bridgehead atoms. The number of hydrogen-bond donors (Lipinski definition) is 1. The molecule has 0 atom stereocenters. The molecule has 0 radical (unpaired) electrons. The van der Waals surface area contributed by atoms with Crippen molar-refractivity contribution in [2.45, 2.75) is 6.54 Å². The standard InChI is InChI=1S/C26H22N2O5/c1-30-17-8-9-19(24(12-17)31-2)22-13-20(18-5-3-4-6-21(18)28-22)26(29)27-14-16-7-10-23-25(11-16)33-15-32-23/h3-13H,14-15H2,1-2H3,(H,27,29). The van der Waals surface area contributed by atoms with Crippen molar-refractivity contribution in [3.05, 3.63) is 77.9 Å². The molecule has 1 N–H and O–H groups in total. The Hall–Kier alpha value is -4.26. The Morgan fingerprint density at radius 1 is 0.970 bits per heavy atom. The van der Waals surface area contributed by atoms with E-state index in [1.165, 1.54) is 0 Å². The molecule has 0 spiro atoms. The molecule has 0 saturated carbocycles. The predicted octanol–water partition coefficient (Wildman–Crippen LogP) is 4.58. The molecule has 1 aliphatic rings. The van der Waals surface area contributed by atoms with Gasteiger partial charge in [0.05, 0.1) is 31.0 Å². The highest BCUT2D eigenvalue weighted by Crippen LogP contribution is 2.35. The summed E-state index contributed by atoms with van der Waals surface area (Å²) in [5, 5.41) is 3.78. The maximum absolute atomic E-state index is 13.3. The van der Waals surface area contributed by atoms with Gasteiger partial charge >= 0.3 is 0 Å². The minimum atomic E-state index is -0.194. The number of methoxy groups -OCH3 is 2. The van der Waals surface area contributed by atoms with Crippen LogP contribution in [0.2, 0.25) is 0 Å². The zero-order valence-corrected chi connectivity index (χ0v) is 18.3. The lowest BCUT2D eigenvalue weighted by Gasteiger charge is -2.13. The molecule has 7 nitrogen and oxygen atoms in total. The quantitative estimate of drug-likeness (QED) is 0.471. The van der Waals surface area contributed by atoms with Crippen LogP contribution in [0.25, 0.3) is 22.2 Å². The Morgan fingerprint density at radius 3 is 2.67 bits per heavy atom. The number of carbonyl (C=O) groups is 1. The number of fused-ring (bicyclic) bond motifs is 2. The van der Waals surface area contributed by atoms with Crippen LogP contribution in [0.15, 0.2) is 66.7 Å². The summed E-state index contributed by atoms with van der Waals surface area (Å²) in [6, 6.07) is 20.5. The van der Waals surface area contributed by atoms with Gasteiger partial charge in [-0.25, -0.2) is 4.98 Å². The monoisotopic (exact) mass is 442 g/mol. The first-order chi connectivity index (χ1) is 16.2. The van der Waals surface area contributed by atoms with Gasteiger partial charge in [0.15, 0.2) is 11.5 Å². The molecule has 7 heteroatoms. The van der Waals surface area contributed by atoms with Crippen LogP contribution in [0, 0.1) is 0 Å². The zero-order chi connectivity index (χ0) is 22.8. The summed E-state index contributed by atoms with van der Waals surface area (Å²) in [6.45, 7) is 0.569. The molecule has 166 valence electrons. The minimum Gasteiger partial charge on any atom is -0.497 e. The summed E-state index contributed by atoms with van der Waals surface area (Å²) in [5.74, 6) is 2.50. The van der Waals surface area contributed by atoms with Gasteiger partial charge in [0.2, 0.25) is 6.79 Å². The molecule has 0 saturated heterocycles. The van der Waals surface area contributed by atoms with Crippen LogP contribution in [0.5, 0.6) is 23.0 Å². The Labute approximate surface area is 190 Å². The topological polar surface area (TPSA) is 78.9 Å². The smallest absolute Gasteiger partial charge is 0.252 e. The van der Waals surface area contributed by atoms with Crippen molar-refractivity contribution in [2.24, 2.45) is 0 Å². The first-order valence-corrected chi connectivity index (χ1v) is 10.4. The fourth-order valence-electron chi connectivity index (χ4n) is 3.84. The van der Waals surface area contributed by atoms with Gasteiger partial charge in [-0.05, 0) is 42.0 Å². The molecule has 1 amide bonds. The van der Waals surface area contributed by atoms with E-state index in [-0.39, 0.29) is 12.7 Å². The first kappa shape index (κ1) is 20.6. The highest BCUT2D eigenvalue weighted by molar-refractivity contribution is 6.07. The lowest BCUT2D eigenvalue weighted by molar-refractivity contribution is 0.0952. The average Bonchev–Trinajstić information content (AvgIpc) is 3.34. The number of rotatable bonds is 6. The predicted molar refractivity (Wildman–Crippen MR) is 124 cm³/mol.